The van der Waals surface area contributed by atoms with Crippen LogP contribution in [0.25, 0.3) is 10.9 Å². The minimum atomic E-state index is -0.340. The summed E-state index contributed by atoms with van der Waals surface area (Å²) in [4.78, 5) is 17.2. The van der Waals surface area contributed by atoms with E-state index in [9.17, 15) is 9.90 Å². The van der Waals surface area contributed by atoms with Gasteiger partial charge in [-0.15, -0.1) is 0 Å². The van der Waals surface area contributed by atoms with Crippen molar-refractivity contribution in [3.8, 4) is 11.6 Å². The van der Waals surface area contributed by atoms with E-state index >= 15 is 0 Å². The molecule has 0 unspecified atom stereocenters. The molecule has 1 saturated carbocycles. The van der Waals surface area contributed by atoms with Gasteiger partial charge in [0.25, 0.3) is 5.91 Å². The van der Waals surface area contributed by atoms with E-state index in [1.807, 2.05) is 23.0 Å². The number of aliphatic hydroxyl groups excluding tert-OH is 1. The quantitative estimate of drug-likeness (QED) is 0.615. The lowest BCUT2D eigenvalue weighted by Gasteiger charge is -2.27. The zero-order valence-electron chi connectivity index (χ0n) is 18.4. The monoisotopic (exact) mass is 452 g/mol. The van der Waals surface area contributed by atoms with E-state index in [2.05, 4.69) is 10.3 Å². The summed E-state index contributed by atoms with van der Waals surface area (Å²) in [6, 6.07) is 9.15. The fourth-order valence-corrected chi connectivity index (χ4v) is 4.39. The van der Waals surface area contributed by atoms with E-state index in [1.165, 1.54) is 0 Å². The van der Waals surface area contributed by atoms with Crippen LogP contribution < -0.4 is 14.8 Å². The van der Waals surface area contributed by atoms with E-state index in [0.717, 1.165) is 36.6 Å². The zero-order chi connectivity index (χ0) is 22.6. The van der Waals surface area contributed by atoms with E-state index in [1.54, 1.807) is 18.2 Å². The second kappa shape index (κ2) is 9.76. The number of nitrogens with zero attached hydrogens (tertiary/aromatic N) is 3. The molecule has 5 rings (SSSR count). The lowest BCUT2D eigenvalue weighted by molar-refractivity contribution is 0.0751. The number of hydrogen-bond acceptors (Lipinski definition) is 7. The Kier molecular flexibility index (Phi) is 6.41. The number of benzene rings is 1. The third kappa shape index (κ3) is 4.94. The van der Waals surface area contributed by atoms with Crippen LogP contribution in [-0.2, 0) is 4.74 Å². The first kappa shape index (κ1) is 21.7. The Labute approximate surface area is 191 Å². The van der Waals surface area contributed by atoms with Crippen molar-refractivity contribution in [2.24, 2.45) is 5.92 Å². The number of carbonyl (C=O) groups is 1. The van der Waals surface area contributed by atoms with Gasteiger partial charge in [0.1, 0.15) is 24.7 Å². The minimum Gasteiger partial charge on any atom is -0.489 e. The summed E-state index contributed by atoms with van der Waals surface area (Å²) in [6.07, 6.45) is 6.01. The maximum Gasteiger partial charge on any atom is 0.274 e. The number of anilines is 1. The molecule has 1 aliphatic heterocycles. The molecule has 2 N–H and O–H groups in total. The van der Waals surface area contributed by atoms with Gasteiger partial charge in [0.15, 0.2) is 0 Å². The Morgan fingerprint density at radius 3 is 2.70 bits per heavy atom. The van der Waals surface area contributed by atoms with E-state index in [-0.39, 0.29) is 18.2 Å². The smallest absolute Gasteiger partial charge is 0.274 e. The molecule has 3 heterocycles. The first-order valence-corrected chi connectivity index (χ1v) is 11.4. The largest absolute Gasteiger partial charge is 0.489 e. The van der Waals surface area contributed by atoms with Gasteiger partial charge in [-0.3, -0.25) is 9.48 Å². The van der Waals surface area contributed by atoms with Crippen LogP contribution in [0.3, 0.4) is 0 Å². The van der Waals surface area contributed by atoms with Crippen LogP contribution in [0.1, 0.15) is 42.2 Å². The molecule has 9 heteroatoms. The Hall–Kier alpha value is -3.17. The SMILES string of the molecule is O=C1Nc2cc3cn([C@H]4CC[C@H](CO)CC4)nc3cc2OCCOCCOc2cccc1n2. The van der Waals surface area contributed by atoms with Crippen LogP contribution in [0, 0.1) is 5.92 Å². The number of nitrogens with one attached hydrogen (secondary N) is 1. The van der Waals surface area contributed by atoms with Gasteiger partial charge in [0.2, 0.25) is 5.88 Å². The summed E-state index contributed by atoms with van der Waals surface area (Å²) < 4.78 is 19.1. The number of amides is 1. The highest BCUT2D eigenvalue weighted by atomic mass is 16.5. The fourth-order valence-electron chi connectivity index (χ4n) is 4.39. The van der Waals surface area contributed by atoms with Gasteiger partial charge in [-0.2, -0.15) is 5.10 Å². The Morgan fingerprint density at radius 1 is 1.06 bits per heavy atom. The van der Waals surface area contributed by atoms with Crippen LogP contribution in [0.5, 0.6) is 11.6 Å². The number of rotatable bonds is 2. The molecule has 2 bridgehead atoms. The Morgan fingerprint density at radius 2 is 1.88 bits per heavy atom. The lowest BCUT2D eigenvalue weighted by Crippen LogP contribution is -2.20. The Balaban J connectivity index is 1.44. The summed E-state index contributed by atoms with van der Waals surface area (Å²) in [5.74, 6) is 0.974. The second-order valence-corrected chi connectivity index (χ2v) is 8.50. The molecule has 33 heavy (non-hydrogen) atoms. The van der Waals surface area contributed by atoms with Crippen LogP contribution >= 0.6 is 0 Å². The van der Waals surface area contributed by atoms with Gasteiger partial charge in [0, 0.05) is 30.3 Å². The van der Waals surface area contributed by atoms with Crippen molar-refractivity contribution in [1.29, 1.82) is 0 Å². The highest BCUT2D eigenvalue weighted by Crippen LogP contribution is 2.35. The maximum absolute atomic E-state index is 12.9. The average molecular weight is 453 g/mol. The standard InChI is InChI=1S/C24H28N4O5/c29-15-16-4-6-18(7-5-16)28-14-17-12-21-22(13-20(17)27-28)32-10-8-31-9-11-33-23-3-1-2-19(25-23)24(30)26-21/h1-3,12-14,16,18,29H,4-11,15H2,(H,26,30)/t16-,18-. The van der Waals surface area contributed by atoms with E-state index < -0.39 is 0 Å². The molecule has 2 aromatic heterocycles. The third-order valence-corrected chi connectivity index (χ3v) is 6.24. The molecule has 1 amide bonds. The first-order valence-electron chi connectivity index (χ1n) is 11.4. The minimum absolute atomic E-state index is 0.255. The average Bonchev–Trinajstić information content (AvgIpc) is 3.26. The number of fused-ring (bicyclic) bond motifs is 4. The number of pyridine rings is 1. The Bertz CT molecular complexity index is 1120. The number of aliphatic hydroxyl groups is 1. The van der Waals surface area contributed by atoms with E-state index in [0.29, 0.717) is 55.7 Å². The van der Waals surface area contributed by atoms with Crippen molar-refractivity contribution in [1.82, 2.24) is 14.8 Å². The molecule has 3 aromatic rings. The van der Waals surface area contributed by atoms with Crippen molar-refractivity contribution >= 4 is 22.5 Å². The van der Waals surface area contributed by atoms with Gasteiger partial charge < -0.3 is 24.6 Å². The van der Waals surface area contributed by atoms with Crippen LogP contribution in [-0.4, -0.2) is 58.8 Å². The van der Waals surface area contributed by atoms with Crippen LogP contribution in [0.15, 0.2) is 36.5 Å². The first-order chi connectivity index (χ1) is 16.2. The van der Waals surface area contributed by atoms with Crippen molar-refractivity contribution in [3.05, 3.63) is 42.2 Å². The molecule has 0 radical (unpaired) electrons. The van der Waals surface area contributed by atoms with Gasteiger partial charge >= 0.3 is 0 Å². The normalized spacial score (nSPS) is 21.9. The molecular formula is C24H28N4O5. The van der Waals surface area contributed by atoms with Gasteiger partial charge in [-0.05, 0) is 43.7 Å². The summed E-state index contributed by atoms with van der Waals surface area (Å²) in [5.41, 5.74) is 1.62. The van der Waals surface area contributed by atoms with Gasteiger partial charge in [0.05, 0.1) is 30.5 Å². The number of hydrogen-bond donors (Lipinski definition) is 2. The fraction of sp³-hybridized carbons (Fsp3) is 0.458. The molecule has 0 saturated heterocycles. The predicted octanol–water partition coefficient (Wildman–Crippen LogP) is 3.20. The maximum atomic E-state index is 12.9. The molecular weight excluding hydrogens is 424 g/mol. The van der Waals surface area contributed by atoms with Crippen molar-refractivity contribution in [2.45, 2.75) is 31.7 Å². The summed E-state index contributed by atoms with van der Waals surface area (Å²) in [5, 5.41) is 18.1. The summed E-state index contributed by atoms with van der Waals surface area (Å²) in [6.45, 7) is 1.73. The highest BCUT2D eigenvalue weighted by molar-refractivity contribution is 6.05. The van der Waals surface area contributed by atoms with Crippen molar-refractivity contribution in [3.63, 3.8) is 0 Å². The lowest BCUT2D eigenvalue weighted by atomic mass is 9.87. The molecule has 0 atom stereocenters. The molecule has 1 aromatic carbocycles. The van der Waals surface area contributed by atoms with Crippen molar-refractivity contribution < 1.29 is 24.1 Å². The van der Waals surface area contributed by atoms with Gasteiger partial charge in [-0.1, -0.05) is 6.07 Å². The molecule has 2 aliphatic rings. The third-order valence-electron chi connectivity index (χ3n) is 6.24. The van der Waals surface area contributed by atoms with E-state index in [4.69, 9.17) is 19.3 Å². The number of aromatic nitrogens is 3. The summed E-state index contributed by atoms with van der Waals surface area (Å²) >= 11 is 0. The van der Waals surface area contributed by atoms with Crippen LogP contribution in [0.4, 0.5) is 5.69 Å². The number of carbonyl (C=O) groups excluding carboxylic acids is 1. The molecule has 9 nitrogen and oxygen atoms in total. The molecule has 1 aliphatic carbocycles. The van der Waals surface area contributed by atoms with Crippen LogP contribution in [0.2, 0.25) is 0 Å². The highest BCUT2D eigenvalue weighted by Gasteiger charge is 2.23. The molecule has 174 valence electrons. The summed E-state index contributed by atoms with van der Waals surface area (Å²) in [7, 11) is 0. The second-order valence-electron chi connectivity index (χ2n) is 8.50. The predicted molar refractivity (Wildman–Crippen MR) is 122 cm³/mol. The molecule has 1 fully saturated rings. The van der Waals surface area contributed by atoms with Crippen molar-refractivity contribution in [2.75, 3.05) is 38.4 Å². The molecule has 0 spiro atoms. The number of ether oxygens (including phenoxy) is 3. The topological polar surface area (TPSA) is 108 Å². The zero-order valence-corrected chi connectivity index (χ0v) is 18.4. The van der Waals surface area contributed by atoms with Gasteiger partial charge in [-0.25, -0.2) is 4.98 Å².